The summed E-state index contributed by atoms with van der Waals surface area (Å²) in [6.45, 7) is 38.7. The molecule has 4 aromatic rings. The number of aryl methyl sites for hydroxylation is 2. The zero-order valence-electron chi connectivity index (χ0n) is 37.9. The van der Waals surface area contributed by atoms with Crippen LogP contribution in [-0.2, 0) is 38.5 Å². The first-order chi connectivity index (χ1) is 26.4. The van der Waals surface area contributed by atoms with Crippen LogP contribution in [0, 0.1) is 36.0 Å². The third-order valence-electron chi connectivity index (χ3n) is 13.6. The van der Waals surface area contributed by atoms with Crippen molar-refractivity contribution in [1.82, 2.24) is 0 Å². The van der Waals surface area contributed by atoms with Gasteiger partial charge in [0.25, 0.3) is 0 Å². The van der Waals surface area contributed by atoms with Crippen molar-refractivity contribution in [1.29, 1.82) is 0 Å². The van der Waals surface area contributed by atoms with Gasteiger partial charge in [0.1, 0.15) is 0 Å². The van der Waals surface area contributed by atoms with E-state index in [-0.39, 0.29) is 27.1 Å². The maximum atomic E-state index is 2.69. The zero-order chi connectivity index (χ0) is 41.4. The van der Waals surface area contributed by atoms with Crippen LogP contribution in [0.2, 0.25) is 0 Å². The summed E-state index contributed by atoms with van der Waals surface area (Å²) < 4.78 is 5.10. The first-order valence-electron chi connectivity index (χ1n) is 21.6. The van der Waals surface area contributed by atoms with E-state index in [1.165, 1.54) is 77.9 Å². The molecule has 0 nitrogen and oxygen atoms in total. The molecule has 0 saturated carbocycles. The van der Waals surface area contributed by atoms with Gasteiger partial charge >= 0.3 is 356 Å². The summed E-state index contributed by atoms with van der Waals surface area (Å²) in [5.74, 6) is 0.404. The average Bonchev–Trinajstić information content (AvgIpc) is 3.80. The van der Waals surface area contributed by atoms with Crippen molar-refractivity contribution in [2.45, 2.75) is 128 Å². The van der Waals surface area contributed by atoms with E-state index in [0.717, 1.165) is 6.42 Å². The topological polar surface area (TPSA) is 0 Å². The SMILES string of the molecule is Cc1ccc([C](c2ccc(C)cc2)=[Zr]([C]2=CC(C(C)(C)C)=CC2C)[C]2=C(C(C)(C)C)c3cc4c(cc3C2(C)C)Cc2cc3c(cc2-4)C(C(C)(C)C)=CC3(C)C)cc1. The molecule has 294 valence electrons. The van der Waals surface area contributed by atoms with Crippen LogP contribution >= 0.6 is 0 Å². The van der Waals surface area contributed by atoms with Crippen molar-refractivity contribution in [3.63, 3.8) is 0 Å². The quantitative estimate of drug-likeness (QED) is 0.169. The van der Waals surface area contributed by atoms with Gasteiger partial charge in [-0.05, 0) is 0 Å². The molecule has 0 bridgehead atoms. The maximum absolute atomic E-state index is 3.04. The summed E-state index contributed by atoms with van der Waals surface area (Å²) in [7, 11) is 0. The van der Waals surface area contributed by atoms with Gasteiger partial charge in [-0.25, -0.2) is 0 Å². The third kappa shape index (κ3) is 6.71. The van der Waals surface area contributed by atoms with Gasteiger partial charge in [0.15, 0.2) is 0 Å². The van der Waals surface area contributed by atoms with E-state index < -0.39 is 21.3 Å². The van der Waals surface area contributed by atoms with Gasteiger partial charge in [-0.15, -0.1) is 0 Å². The second kappa shape index (κ2) is 13.3. The van der Waals surface area contributed by atoms with Crippen LogP contribution < -0.4 is 0 Å². The molecule has 4 aliphatic carbocycles. The molecule has 0 aromatic heterocycles. The Morgan fingerprint density at radius 2 is 1.12 bits per heavy atom. The average molecular weight is 830 g/mol. The van der Waals surface area contributed by atoms with Crippen LogP contribution in [0.3, 0.4) is 0 Å². The van der Waals surface area contributed by atoms with Crippen LogP contribution in [0.4, 0.5) is 0 Å². The molecule has 1 atom stereocenters. The molecule has 0 aliphatic heterocycles. The summed E-state index contributed by atoms with van der Waals surface area (Å²) in [6, 6.07) is 29.6. The second-order valence-corrected chi connectivity index (χ2v) is 27.9. The molecule has 4 aliphatic rings. The van der Waals surface area contributed by atoms with Crippen molar-refractivity contribution in [3.05, 3.63) is 159 Å². The molecule has 0 fully saturated rings. The molecule has 0 heterocycles. The summed E-state index contributed by atoms with van der Waals surface area (Å²) in [6.07, 6.45) is 8.86. The number of allylic oxidation sites excluding steroid dienone is 8. The number of hydrogen-bond acceptors (Lipinski definition) is 0. The summed E-state index contributed by atoms with van der Waals surface area (Å²) in [4.78, 5) is 0. The van der Waals surface area contributed by atoms with E-state index in [4.69, 9.17) is 0 Å². The molecule has 1 heteroatoms. The van der Waals surface area contributed by atoms with Gasteiger partial charge in [-0.1, -0.05) is 0 Å². The fourth-order valence-corrected chi connectivity index (χ4v) is 20.6. The van der Waals surface area contributed by atoms with Gasteiger partial charge in [-0.2, -0.15) is 0 Å². The zero-order valence-corrected chi connectivity index (χ0v) is 40.4. The fourth-order valence-electron chi connectivity index (χ4n) is 10.5. The Bertz CT molecular complexity index is 2460. The fraction of sp³-hybridized carbons (Fsp3) is 0.411. The molecular formula is C56H66Zr. The molecule has 0 amide bonds. The molecule has 8 rings (SSSR count). The van der Waals surface area contributed by atoms with Gasteiger partial charge in [-0.3, -0.25) is 0 Å². The van der Waals surface area contributed by atoms with E-state index in [9.17, 15) is 0 Å². The molecule has 4 aromatic carbocycles. The van der Waals surface area contributed by atoms with Gasteiger partial charge < -0.3 is 0 Å². The Morgan fingerprint density at radius 1 is 0.614 bits per heavy atom. The standard InChI is InChI=1S/C31H37.C15H14.C10H15.Zr/c1-28(2,3)26-16-30(7,8)24-12-18-11-19-13-25-23(15-21(19)20(18)14-22(24)26)27(29(4,5)6)17-31(25,9)10;1-12-3-7-14(8-4-12)11-15-9-5-13(2)6-10-15;1-8-5-6-9(7-8)10(2,3)4;/h12-16H,11H2,1-10H3;3-10H,1-2H3;6-8H,1-4H3;. The minimum atomic E-state index is -3.04. The van der Waals surface area contributed by atoms with E-state index in [1.807, 2.05) is 0 Å². The number of fused-ring (bicyclic) bond motifs is 5. The summed E-state index contributed by atoms with van der Waals surface area (Å²) >= 11 is -3.04. The predicted octanol–water partition coefficient (Wildman–Crippen LogP) is 15.0. The Hall–Kier alpha value is -3.41. The molecule has 0 saturated heterocycles. The van der Waals surface area contributed by atoms with Gasteiger partial charge in [0, 0.05) is 0 Å². The Balaban J connectivity index is 1.46. The van der Waals surface area contributed by atoms with Crippen LogP contribution in [0.5, 0.6) is 0 Å². The second-order valence-electron chi connectivity index (χ2n) is 22.2. The number of benzene rings is 4. The van der Waals surface area contributed by atoms with Crippen LogP contribution in [0.1, 0.15) is 153 Å². The van der Waals surface area contributed by atoms with Gasteiger partial charge in [0.2, 0.25) is 0 Å². The summed E-state index contributed by atoms with van der Waals surface area (Å²) in [5.41, 5.74) is 22.0. The Labute approximate surface area is 353 Å². The van der Waals surface area contributed by atoms with E-state index in [0.29, 0.717) is 5.92 Å². The first kappa shape index (κ1) is 40.4. The molecule has 57 heavy (non-hydrogen) atoms. The van der Waals surface area contributed by atoms with Crippen molar-refractivity contribution >= 4 is 14.4 Å². The van der Waals surface area contributed by atoms with Crippen LogP contribution in [-0.4, -0.2) is 3.21 Å². The van der Waals surface area contributed by atoms with Crippen molar-refractivity contribution in [2.24, 2.45) is 22.2 Å². The van der Waals surface area contributed by atoms with Crippen LogP contribution in [0.15, 0.2) is 103 Å². The van der Waals surface area contributed by atoms with E-state index in [2.05, 4.69) is 202 Å². The van der Waals surface area contributed by atoms with Crippen molar-refractivity contribution in [2.75, 3.05) is 0 Å². The number of hydrogen-bond donors (Lipinski definition) is 0. The van der Waals surface area contributed by atoms with Crippen molar-refractivity contribution < 1.29 is 21.3 Å². The molecule has 0 N–H and O–H groups in total. The molecule has 0 spiro atoms. The third-order valence-corrected chi connectivity index (χ3v) is 22.5. The van der Waals surface area contributed by atoms with E-state index in [1.54, 1.807) is 15.3 Å². The first-order valence-corrected chi connectivity index (χ1v) is 25.2. The molecule has 0 radical (unpaired) electrons. The monoisotopic (exact) mass is 828 g/mol. The molecule has 1 unspecified atom stereocenters. The Kier molecular flexibility index (Phi) is 9.42. The van der Waals surface area contributed by atoms with Crippen molar-refractivity contribution in [3.8, 4) is 11.1 Å². The molecular weight excluding hydrogens is 764 g/mol. The van der Waals surface area contributed by atoms with E-state index >= 15 is 0 Å². The van der Waals surface area contributed by atoms with Crippen LogP contribution in [0.25, 0.3) is 22.3 Å². The minimum absolute atomic E-state index is 0.0426. The van der Waals surface area contributed by atoms with Gasteiger partial charge in [0.05, 0.1) is 0 Å². The number of rotatable bonds is 4. The Morgan fingerprint density at radius 3 is 1.60 bits per heavy atom. The predicted molar refractivity (Wildman–Crippen MR) is 245 cm³/mol. The summed E-state index contributed by atoms with van der Waals surface area (Å²) in [5, 5.41) is 0. The normalized spacial score (nSPS) is 19.2.